The Balaban J connectivity index is 2.72. The molecule has 0 aliphatic rings. The smallest absolute Gasteiger partial charge is 0.0567 e. The number of allylic oxidation sites excluding steroid dienone is 4. The van der Waals surface area contributed by atoms with Gasteiger partial charge in [-0.2, -0.15) is 5.10 Å². The quantitative estimate of drug-likeness (QED) is 0.706. The van der Waals surface area contributed by atoms with Crippen molar-refractivity contribution >= 4 is 5.57 Å². The van der Waals surface area contributed by atoms with Crippen LogP contribution in [0, 0.1) is 5.41 Å². The van der Waals surface area contributed by atoms with Crippen LogP contribution in [0.3, 0.4) is 0 Å². The van der Waals surface area contributed by atoms with Gasteiger partial charge in [0, 0.05) is 18.8 Å². The summed E-state index contributed by atoms with van der Waals surface area (Å²) >= 11 is 0. The van der Waals surface area contributed by atoms with Crippen molar-refractivity contribution in [1.82, 2.24) is 9.78 Å². The van der Waals surface area contributed by atoms with Crippen molar-refractivity contribution in [2.24, 2.45) is 12.5 Å². The number of aryl methyl sites for hydroxylation is 1. The Morgan fingerprint density at radius 1 is 1.31 bits per heavy atom. The van der Waals surface area contributed by atoms with Gasteiger partial charge in [-0.1, -0.05) is 46.1 Å². The highest BCUT2D eigenvalue weighted by Gasteiger charge is 2.11. The zero-order valence-corrected chi connectivity index (χ0v) is 10.6. The molecular formula is C14H20N2. The van der Waals surface area contributed by atoms with Gasteiger partial charge < -0.3 is 0 Å². The molecule has 0 amide bonds. The van der Waals surface area contributed by atoms with Crippen molar-refractivity contribution < 1.29 is 0 Å². The summed E-state index contributed by atoms with van der Waals surface area (Å²) < 4.78 is 1.77. The SMILES string of the molecule is C=C(/C=C\C(=C)C(C)(C)C)c1cnn(C)c1. The molecule has 0 N–H and O–H groups in total. The van der Waals surface area contributed by atoms with E-state index in [9.17, 15) is 0 Å². The van der Waals surface area contributed by atoms with Crippen molar-refractivity contribution in [2.45, 2.75) is 20.8 Å². The molecule has 0 atom stereocenters. The Morgan fingerprint density at radius 2 is 1.94 bits per heavy atom. The van der Waals surface area contributed by atoms with E-state index in [1.165, 1.54) is 0 Å². The Kier molecular flexibility index (Phi) is 3.53. The van der Waals surface area contributed by atoms with Crippen molar-refractivity contribution in [3.63, 3.8) is 0 Å². The first-order valence-corrected chi connectivity index (χ1v) is 5.36. The highest BCUT2D eigenvalue weighted by atomic mass is 15.2. The third-order valence-electron chi connectivity index (χ3n) is 2.52. The molecule has 2 nitrogen and oxygen atoms in total. The fourth-order valence-electron chi connectivity index (χ4n) is 1.13. The molecule has 1 heterocycles. The Hall–Kier alpha value is -1.57. The van der Waals surface area contributed by atoms with Crippen LogP contribution in [0.15, 0.2) is 43.3 Å². The number of rotatable bonds is 3. The normalized spacial score (nSPS) is 12.0. The molecule has 0 spiro atoms. The highest BCUT2D eigenvalue weighted by molar-refractivity contribution is 5.71. The van der Waals surface area contributed by atoms with Gasteiger partial charge in [-0.3, -0.25) is 4.68 Å². The number of aromatic nitrogens is 2. The maximum atomic E-state index is 4.11. The molecule has 0 aliphatic heterocycles. The minimum Gasteiger partial charge on any atom is -0.275 e. The van der Waals surface area contributed by atoms with Gasteiger partial charge in [0.2, 0.25) is 0 Å². The minimum absolute atomic E-state index is 0.103. The second-order valence-electron chi connectivity index (χ2n) is 5.04. The maximum absolute atomic E-state index is 4.11. The molecule has 1 aromatic heterocycles. The molecule has 0 unspecified atom stereocenters. The van der Waals surface area contributed by atoms with Crippen LogP contribution in [-0.2, 0) is 7.05 Å². The predicted octanol–water partition coefficient (Wildman–Crippen LogP) is 3.59. The van der Waals surface area contributed by atoms with Crippen LogP contribution in [-0.4, -0.2) is 9.78 Å². The summed E-state index contributed by atoms with van der Waals surface area (Å²) in [6.07, 6.45) is 7.78. The van der Waals surface area contributed by atoms with E-state index >= 15 is 0 Å². The molecule has 0 saturated carbocycles. The molecular weight excluding hydrogens is 196 g/mol. The lowest BCUT2D eigenvalue weighted by Gasteiger charge is -2.18. The summed E-state index contributed by atoms with van der Waals surface area (Å²) in [6.45, 7) is 14.5. The van der Waals surface area contributed by atoms with Crippen LogP contribution in [0.1, 0.15) is 26.3 Å². The first-order chi connectivity index (χ1) is 7.30. The van der Waals surface area contributed by atoms with Crippen molar-refractivity contribution in [3.8, 4) is 0 Å². The molecule has 2 heteroatoms. The molecule has 0 saturated heterocycles. The maximum Gasteiger partial charge on any atom is 0.0567 e. The summed E-state index contributed by atoms with van der Waals surface area (Å²) in [4.78, 5) is 0. The monoisotopic (exact) mass is 216 g/mol. The lowest BCUT2D eigenvalue weighted by atomic mass is 9.87. The summed E-state index contributed by atoms with van der Waals surface area (Å²) in [7, 11) is 1.90. The summed E-state index contributed by atoms with van der Waals surface area (Å²) in [5.74, 6) is 0. The second-order valence-corrected chi connectivity index (χ2v) is 5.04. The van der Waals surface area contributed by atoms with Crippen molar-refractivity contribution in [2.75, 3.05) is 0 Å². The fraction of sp³-hybridized carbons (Fsp3) is 0.357. The van der Waals surface area contributed by atoms with Crippen LogP contribution in [0.25, 0.3) is 5.57 Å². The van der Waals surface area contributed by atoms with Gasteiger partial charge in [-0.05, 0) is 16.6 Å². The van der Waals surface area contributed by atoms with E-state index in [2.05, 4.69) is 39.0 Å². The first-order valence-electron chi connectivity index (χ1n) is 5.36. The standard InChI is InChI=1S/C14H20N2/c1-11(13-9-15-16(6)10-13)7-8-12(2)14(3,4)5/h7-10H,1-2H2,3-6H3/b8-7-. The van der Waals surface area contributed by atoms with Crippen LogP contribution < -0.4 is 0 Å². The van der Waals surface area contributed by atoms with Gasteiger partial charge in [0.15, 0.2) is 0 Å². The Bertz CT molecular complexity index is 428. The fourth-order valence-corrected chi connectivity index (χ4v) is 1.13. The van der Waals surface area contributed by atoms with Crippen LogP contribution in [0.2, 0.25) is 0 Å². The molecule has 1 aromatic rings. The topological polar surface area (TPSA) is 17.8 Å². The second kappa shape index (κ2) is 4.52. The number of nitrogens with zero attached hydrogens (tertiary/aromatic N) is 2. The Morgan fingerprint density at radius 3 is 2.38 bits per heavy atom. The van der Waals surface area contributed by atoms with E-state index < -0.39 is 0 Å². The van der Waals surface area contributed by atoms with Gasteiger partial charge in [-0.25, -0.2) is 0 Å². The third kappa shape index (κ3) is 3.23. The third-order valence-corrected chi connectivity index (χ3v) is 2.52. The number of hydrogen-bond acceptors (Lipinski definition) is 1. The van der Waals surface area contributed by atoms with Gasteiger partial charge in [-0.15, -0.1) is 0 Å². The Labute approximate surface area is 98.0 Å². The molecule has 0 aliphatic carbocycles. The molecule has 0 radical (unpaired) electrons. The molecule has 0 aromatic carbocycles. The lowest BCUT2D eigenvalue weighted by Crippen LogP contribution is -2.05. The van der Waals surface area contributed by atoms with E-state index in [1.807, 2.05) is 31.6 Å². The minimum atomic E-state index is 0.103. The van der Waals surface area contributed by atoms with Gasteiger partial charge in [0.05, 0.1) is 6.20 Å². The van der Waals surface area contributed by atoms with E-state index in [-0.39, 0.29) is 5.41 Å². The van der Waals surface area contributed by atoms with E-state index in [4.69, 9.17) is 0 Å². The highest BCUT2D eigenvalue weighted by Crippen LogP contribution is 2.25. The zero-order chi connectivity index (χ0) is 12.3. The largest absolute Gasteiger partial charge is 0.275 e. The van der Waals surface area contributed by atoms with Gasteiger partial charge >= 0.3 is 0 Å². The van der Waals surface area contributed by atoms with Crippen LogP contribution >= 0.6 is 0 Å². The van der Waals surface area contributed by atoms with E-state index in [1.54, 1.807) is 4.68 Å². The predicted molar refractivity (Wildman–Crippen MR) is 70.0 cm³/mol. The van der Waals surface area contributed by atoms with Gasteiger partial charge in [0.25, 0.3) is 0 Å². The molecule has 1 rings (SSSR count). The summed E-state index contributed by atoms with van der Waals surface area (Å²) in [5, 5.41) is 4.11. The van der Waals surface area contributed by atoms with Gasteiger partial charge in [0.1, 0.15) is 0 Å². The summed E-state index contributed by atoms with van der Waals surface area (Å²) in [5.41, 5.74) is 3.20. The van der Waals surface area contributed by atoms with Crippen molar-refractivity contribution in [3.05, 3.63) is 48.8 Å². The lowest BCUT2D eigenvalue weighted by molar-refractivity contribution is 0.519. The van der Waals surface area contributed by atoms with E-state index in [0.29, 0.717) is 0 Å². The van der Waals surface area contributed by atoms with E-state index in [0.717, 1.165) is 16.7 Å². The zero-order valence-electron chi connectivity index (χ0n) is 10.6. The molecule has 0 fully saturated rings. The molecule has 0 bridgehead atoms. The average Bonchev–Trinajstić information content (AvgIpc) is 2.59. The summed E-state index contributed by atoms with van der Waals surface area (Å²) in [6, 6.07) is 0. The van der Waals surface area contributed by atoms with Crippen LogP contribution in [0.4, 0.5) is 0 Å². The molecule has 86 valence electrons. The molecule has 16 heavy (non-hydrogen) atoms. The first kappa shape index (κ1) is 12.5. The van der Waals surface area contributed by atoms with Crippen molar-refractivity contribution in [1.29, 1.82) is 0 Å². The number of hydrogen-bond donors (Lipinski definition) is 0. The van der Waals surface area contributed by atoms with Crippen LogP contribution in [0.5, 0.6) is 0 Å². The average molecular weight is 216 g/mol.